The molecule has 0 aliphatic carbocycles. The van der Waals surface area contributed by atoms with Crippen molar-refractivity contribution < 1.29 is 9.18 Å². The molecule has 0 spiro atoms. The van der Waals surface area contributed by atoms with E-state index in [-0.39, 0.29) is 12.1 Å². The van der Waals surface area contributed by atoms with E-state index in [1.807, 2.05) is 13.0 Å². The second kappa shape index (κ2) is 6.64. The van der Waals surface area contributed by atoms with Crippen LogP contribution in [0.15, 0.2) is 36.5 Å². The Hall–Kier alpha value is -2.71. The molecule has 106 valence electrons. The fraction of sp³-hybridized carbons (Fsp3) is 0.125. The van der Waals surface area contributed by atoms with Crippen LogP contribution >= 0.6 is 0 Å². The zero-order valence-corrected chi connectivity index (χ0v) is 11.5. The fourth-order valence-corrected chi connectivity index (χ4v) is 1.66. The molecule has 5 heteroatoms. The Bertz CT molecular complexity index is 715. The van der Waals surface area contributed by atoms with Crippen molar-refractivity contribution >= 4 is 11.7 Å². The molecule has 0 radical (unpaired) electrons. The van der Waals surface area contributed by atoms with E-state index in [9.17, 15) is 9.18 Å². The van der Waals surface area contributed by atoms with Gasteiger partial charge in [-0.1, -0.05) is 17.9 Å². The van der Waals surface area contributed by atoms with Gasteiger partial charge in [-0.05, 0) is 36.8 Å². The first-order chi connectivity index (χ1) is 10.1. The molecule has 0 fully saturated rings. The number of nitrogens with zero attached hydrogens (tertiary/aromatic N) is 1. The molecule has 1 amide bonds. The summed E-state index contributed by atoms with van der Waals surface area (Å²) in [6.45, 7) is 2.09. The van der Waals surface area contributed by atoms with Crippen LogP contribution in [0.1, 0.15) is 21.5 Å². The van der Waals surface area contributed by atoms with Crippen molar-refractivity contribution in [3.05, 3.63) is 59.0 Å². The summed E-state index contributed by atoms with van der Waals surface area (Å²) in [6.07, 6.45) is 1.62. The van der Waals surface area contributed by atoms with Crippen LogP contribution in [0, 0.1) is 24.6 Å². The van der Waals surface area contributed by atoms with Crippen molar-refractivity contribution in [1.82, 2.24) is 4.98 Å². The molecule has 4 nitrogen and oxygen atoms in total. The third-order valence-corrected chi connectivity index (χ3v) is 2.70. The number of pyridine rings is 1. The number of carbonyl (C=O) groups excluding carboxylic acids is 1. The third-order valence-electron chi connectivity index (χ3n) is 2.70. The largest absolute Gasteiger partial charge is 0.320 e. The Morgan fingerprint density at radius 1 is 1.38 bits per heavy atom. The minimum Gasteiger partial charge on any atom is -0.320 e. The first-order valence-electron chi connectivity index (χ1n) is 6.32. The maximum atomic E-state index is 13.8. The number of nitrogens with one attached hydrogen (secondary N) is 1. The molecule has 2 rings (SSSR count). The van der Waals surface area contributed by atoms with E-state index in [0.29, 0.717) is 11.4 Å². The van der Waals surface area contributed by atoms with Gasteiger partial charge in [0.15, 0.2) is 0 Å². The standard InChI is InChI=1S/C16H14FN3O/c1-11-4-7-15(19-10-11)20-16(21)13-9-12(3-2-8-18)5-6-14(13)17/h4-7,9-10H,8,18H2,1H3,(H,19,20,21). The molecular formula is C16H14FN3O. The van der Waals surface area contributed by atoms with Gasteiger partial charge in [0.1, 0.15) is 11.6 Å². The lowest BCUT2D eigenvalue weighted by Crippen LogP contribution is -2.15. The third kappa shape index (κ3) is 3.88. The van der Waals surface area contributed by atoms with Gasteiger partial charge in [0.05, 0.1) is 12.1 Å². The predicted octanol–water partition coefficient (Wildman–Crippen LogP) is 2.09. The highest BCUT2D eigenvalue weighted by Gasteiger charge is 2.12. The summed E-state index contributed by atoms with van der Waals surface area (Å²) in [6, 6.07) is 7.56. The van der Waals surface area contributed by atoms with Crippen molar-refractivity contribution in [2.24, 2.45) is 5.73 Å². The number of hydrogen-bond donors (Lipinski definition) is 2. The van der Waals surface area contributed by atoms with Crippen LogP contribution in [0.4, 0.5) is 10.2 Å². The van der Waals surface area contributed by atoms with Crippen LogP contribution in [-0.2, 0) is 0 Å². The smallest absolute Gasteiger partial charge is 0.259 e. The van der Waals surface area contributed by atoms with E-state index in [2.05, 4.69) is 22.1 Å². The highest BCUT2D eigenvalue weighted by atomic mass is 19.1. The number of rotatable bonds is 2. The van der Waals surface area contributed by atoms with Gasteiger partial charge >= 0.3 is 0 Å². The van der Waals surface area contributed by atoms with E-state index < -0.39 is 11.7 Å². The van der Waals surface area contributed by atoms with Crippen molar-refractivity contribution in [2.75, 3.05) is 11.9 Å². The van der Waals surface area contributed by atoms with Crippen molar-refractivity contribution in [3.8, 4) is 11.8 Å². The minimum atomic E-state index is -0.613. The summed E-state index contributed by atoms with van der Waals surface area (Å²) in [7, 11) is 0. The molecule has 0 unspecified atom stereocenters. The van der Waals surface area contributed by atoms with Gasteiger partial charge in [-0.15, -0.1) is 0 Å². The molecule has 0 aliphatic heterocycles. The number of anilines is 1. The molecule has 1 aromatic carbocycles. The van der Waals surface area contributed by atoms with Crippen molar-refractivity contribution in [3.63, 3.8) is 0 Å². The maximum absolute atomic E-state index is 13.8. The second-order valence-corrected chi connectivity index (χ2v) is 4.38. The van der Waals surface area contributed by atoms with Crippen LogP contribution in [0.2, 0.25) is 0 Å². The van der Waals surface area contributed by atoms with E-state index in [1.54, 1.807) is 12.3 Å². The normalized spacial score (nSPS) is 9.67. The van der Waals surface area contributed by atoms with Gasteiger partial charge in [-0.3, -0.25) is 4.79 Å². The number of aromatic nitrogens is 1. The first-order valence-corrected chi connectivity index (χ1v) is 6.32. The van der Waals surface area contributed by atoms with Gasteiger partial charge in [0, 0.05) is 11.8 Å². The summed E-state index contributed by atoms with van der Waals surface area (Å²) in [5.41, 5.74) is 6.70. The quantitative estimate of drug-likeness (QED) is 0.829. The zero-order valence-electron chi connectivity index (χ0n) is 11.5. The Kier molecular flexibility index (Phi) is 4.64. The molecule has 0 saturated heterocycles. The Morgan fingerprint density at radius 2 is 2.19 bits per heavy atom. The predicted molar refractivity (Wildman–Crippen MR) is 79.3 cm³/mol. The topological polar surface area (TPSA) is 68.0 Å². The molecule has 1 aromatic heterocycles. The van der Waals surface area contributed by atoms with Crippen LogP contribution < -0.4 is 11.1 Å². The number of amides is 1. The molecule has 0 saturated carbocycles. The number of hydrogen-bond acceptors (Lipinski definition) is 3. The number of aryl methyl sites for hydroxylation is 1. The van der Waals surface area contributed by atoms with Crippen LogP contribution in [0.5, 0.6) is 0 Å². The number of halogens is 1. The average molecular weight is 283 g/mol. The van der Waals surface area contributed by atoms with E-state index in [4.69, 9.17) is 5.73 Å². The number of nitrogens with two attached hydrogens (primary N) is 1. The first kappa shape index (κ1) is 14.7. The lowest BCUT2D eigenvalue weighted by molar-refractivity contribution is 0.102. The summed E-state index contributed by atoms with van der Waals surface area (Å²) in [4.78, 5) is 16.1. The zero-order chi connectivity index (χ0) is 15.2. The number of benzene rings is 1. The second-order valence-electron chi connectivity index (χ2n) is 4.38. The fourth-order valence-electron chi connectivity index (χ4n) is 1.66. The molecule has 0 atom stereocenters. The molecule has 0 bridgehead atoms. The van der Waals surface area contributed by atoms with Gasteiger partial charge in [0.25, 0.3) is 5.91 Å². The number of carbonyl (C=O) groups is 1. The summed E-state index contributed by atoms with van der Waals surface area (Å²) in [5.74, 6) is 4.60. The SMILES string of the molecule is Cc1ccc(NC(=O)c2cc(C#CCN)ccc2F)nc1. The average Bonchev–Trinajstić information content (AvgIpc) is 2.48. The van der Waals surface area contributed by atoms with Gasteiger partial charge < -0.3 is 11.1 Å². The molecular weight excluding hydrogens is 269 g/mol. The maximum Gasteiger partial charge on any atom is 0.259 e. The Labute approximate surface area is 122 Å². The van der Waals surface area contributed by atoms with Gasteiger partial charge in [0.2, 0.25) is 0 Å². The van der Waals surface area contributed by atoms with Crippen molar-refractivity contribution in [1.29, 1.82) is 0 Å². The lowest BCUT2D eigenvalue weighted by atomic mass is 10.1. The Balaban J connectivity index is 2.23. The van der Waals surface area contributed by atoms with Gasteiger partial charge in [-0.25, -0.2) is 9.37 Å². The lowest BCUT2D eigenvalue weighted by Gasteiger charge is -2.06. The van der Waals surface area contributed by atoms with Crippen LogP contribution in [0.3, 0.4) is 0 Å². The van der Waals surface area contributed by atoms with Crippen LogP contribution in [0.25, 0.3) is 0 Å². The molecule has 1 heterocycles. The van der Waals surface area contributed by atoms with Crippen molar-refractivity contribution in [2.45, 2.75) is 6.92 Å². The van der Waals surface area contributed by atoms with E-state index >= 15 is 0 Å². The van der Waals surface area contributed by atoms with Crippen LogP contribution in [-0.4, -0.2) is 17.4 Å². The highest BCUT2D eigenvalue weighted by Crippen LogP contribution is 2.13. The van der Waals surface area contributed by atoms with E-state index in [1.165, 1.54) is 18.2 Å². The minimum absolute atomic E-state index is 0.0822. The van der Waals surface area contributed by atoms with E-state index in [0.717, 1.165) is 5.56 Å². The summed E-state index contributed by atoms with van der Waals surface area (Å²) in [5, 5.41) is 2.55. The molecule has 3 N–H and O–H groups in total. The van der Waals surface area contributed by atoms with Gasteiger partial charge in [-0.2, -0.15) is 0 Å². The Morgan fingerprint density at radius 3 is 2.86 bits per heavy atom. The molecule has 21 heavy (non-hydrogen) atoms. The summed E-state index contributed by atoms with van der Waals surface area (Å²) >= 11 is 0. The summed E-state index contributed by atoms with van der Waals surface area (Å²) < 4.78 is 13.8. The molecule has 2 aromatic rings. The molecule has 0 aliphatic rings. The monoisotopic (exact) mass is 283 g/mol. The highest BCUT2D eigenvalue weighted by molar-refractivity contribution is 6.04.